The Morgan fingerprint density at radius 1 is 1.07 bits per heavy atom. The third-order valence-electron chi connectivity index (χ3n) is 5.88. The molecule has 1 saturated carbocycles. The minimum atomic E-state index is 0.0456. The van der Waals surface area contributed by atoms with E-state index in [1.165, 1.54) is 12.1 Å². The van der Waals surface area contributed by atoms with E-state index >= 15 is 0 Å². The van der Waals surface area contributed by atoms with Crippen molar-refractivity contribution in [1.82, 2.24) is 5.32 Å². The lowest BCUT2D eigenvalue weighted by molar-refractivity contribution is -0.128. The molecule has 1 aliphatic heterocycles. The van der Waals surface area contributed by atoms with Crippen LogP contribution in [0, 0.1) is 5.92 Å². The van der Waals surface area contributed by atoms with E-state index in [0.29, 0.717) is 6.61 Å². The quantitative estimate of drug-likeness (QED) is 0.724. The summed E-state index contributed by atoms with van der Waals surface area (Å²) in [4.78, 5) is 14.4. The van der Waals surface area contributed by atoms with Gasteiger partial charge in [0.2, 0.25) is 5.91 Å². The second kappa shape index (κ2) is 8.76. The average molecular weight is 395 g/mol. The summed E-state index contributed by atoms with van der Waals surface area (Å²) in [7, 11) is 0. The fourth-order valence-electron chi connectivity index (χ4n) is 3.76. The molecule has 1 aliphatic carbocycles. The number of amides is 1. The number of nitrogens with zero attached hydrogens (tertiary/aromatic N) is 1. The lowest BCUT2D eigenvalue weighted by Gasteiger charge is -2.40. The molecule has 5 nitrogen and oxygen atoms in total. The molecule has 1 saturated heterocycles. The van der Waals surface area contributed by atoms with Crippen LogP contribution in [0.15, 0.2) is 48.5 Å². The summed E-state index contributed by atoms with van der Waals surface area (Å²) in [5, 5.41) is 3.14. The first-order valence-corrected chi connectivity index (χ1v) is 10.7. The third-order valence-corrected chi connectivity index (χ3v) is 5.88. The average Bonchev–Trinajstić information content (AvgIpc) is 2.64. The summed E-state index contributed by atoms with van der Waals surface area (Å²) in [5.74, 6) is 2.17. The fraction of sp³-hybridized carbons (Fsp3) is 0.458. The fourth-order valence-corrected chi connectivity index (χ4v) is 3.76. The standard InChI is InChI=1S/C24H30N2O3/c1-3-28-21-11-13-22(14-12-21)29-23-15-26(16-23)20-9-7-18(8-10-20)17(2)25-24(27)19-5-4-6-19/h7-14,17,19,23H,3-6,15-16H2,1-2H3,(H,25,27)/t17-/m0/s1. The van der Waals surface area contributed by atoms with Gasteiger partial charge < -0.3 is 19.7 Å². The van der Waals surface area contributed by atoms with Gasteiger partial charge in [-0.15, -0.1) is 0 Å². The maximum Gasteiger partial charge on any atom is 0.223 e. The topological polar surface area (TPSA) is 50.8 Å². The molecule has 2 aromatic rings. The predicted molar refractivity (Wildman–Crippen MR) is 115 cm³/mol. The summed E-state index contributed by atoms with van der Waals surface area (Å²) in [6, 6.07) is 16.3. The zero-order valence-corrected chi connectivity index (χ0v) is 17.3. The number of rotatable bonds is 8. The number of anilines is 1. The van der Waals surface area contributed by atoms with Crippen LogP contribution < -0.4 is 19.7 Å². The summed E-state index contributed by atoms with van der Waals surface area (Å²) in [5.41, 5.74) is 2.34. The van der Waals surface area contributed by atoms with Gasteiger partial charge in [0, 0.05) is 11.6 Å². The van der Waals surface area contributed by atoms with Crippen molar-refractivity contribution in [3.05, 3.63) is 54.1 Å². The zero-order valence-electron chi connectivity index (χ0n) is 17.3. The molecule has 2 fully saturated rings. The van der Waals surface area contributed by atoms with Crippen LogP contribution in [0.5, 0.6) is 11.5 Å². The SMILES string of the molecule is CCOc1ccc(OC2CN(c3ccc([C@H](C)NC(=O)C4CCC4)cc3)C2)cc1. The maximum atomic E-state index is 12.1. The molecule has 154 valence electrons. The highest BCUT2D eigenvalue weighted by Crippen LogP contribution is 2.29. The molecule has 2 aliphatic rings. The van der Waals surface area contributed by atoms with Gasteiger partial charge >= 0.3 is 0 Å². The van der Waals surface area contributed by atoms with Crippen molar-refractivity contribution in [1.29, 1.82) is 0 Å². The van der Waals surface area contributed by atoms with Crippen LogP contribution in [-0.4, -0.2) is 31.7 Å². The molecule has 0 radical (unpaired) electrons. The number of benzene rings is 2. The highest BCUT2D eigenvalue weighted by atomic mass is 16.5. The molecule has 0 bridgehead atoms. The Morgan fingerprint density at radius 3 is 2.31 bits per heavy atom. The van der Waals surface area contributed by atoms with E-state index in [0.717, 1.165) is 43.0 Å². The third kappa shape index (κ3) is 4.66. The highest BCUT2D eigenvalue weighted by molar-refractivity contribution is 5.79. The molecule has 5 heteroatoms. The largest absolute Gasteiger partial charge is 0.494 e. The minimum absolute atomic E-state index is 0.0456. The van der Waals surface area contributed by atoms with Gasteiger partial charge in [-0.05, 0) is 68.7 Å². The lowest BCUT2D eigenvalue weighted by Crippen LogP contribution is -2.54. The van der Waals surface area contributed by atoms with Gasteiger partial charge in [0.15, 0.2) is 0 Å². The molecule has 0 aromatic heterocycles. The van der Waals surface area contributed by atoms with Gasteiger partial charge in [-0.3, -0.25) is 4.79 Å². The van der Waals surface area contributed by atoms with Crippen LogP contribution in [0.4, 0.5) is 5.69 Å². The Kier molecular flexibility index (Phi) is 5.93. The van der Waals surface area contributed by atoms with E-state index in [9.17, 15) is 4.79 Å². The summed E-state index contributed by atoms with van der Waals surface area (Å²) >= 11 is 0. The maximum absolute atomic E-state index is 12.1. The number of carbonyl (C=O) groups is 1. The number of hydrogen-bond acceptors (Lipinski definition) is 4. The van der Waals surface area contributed by atoms with Crippen molar-refractivity contribution >= 4 is 11.6 Å². The number of nitrogens with one attached hydrogen (secondary N) is 1. The molecule has 4 rings (SSSR count). The first-order valence-electron chi connectivity index (χ1n) is 10.7. The number of carbonyl (C=O) groups excluding carboxylic acids is 1. The van der Waals surface area contributed by atoms with Crippen LogP contribution in [0.1, 0.15) is 44.7 Å². The molecular formula is C24H30N2O3. The van der Waals surface area contributed by atoms with E-state index < -0.39 is 0 Å². The van der Waals surface area contributed by atoms with Crippen LogP contribution in [0.2, 0.25) is 0 Å². The zero-order chi connectivity index (χ0) is 20.2. The van der Waals surface area contributed by atoms with Crippen LogP contribution in [0.3, 0.4) is 0 Å². The van der Waals surface area contributed by atoms with E-state index in [2.05, 4.69) is 41.4 Å². The molecule has 0 unspecified atom stereocenters. The summed E-state index contributed by atoms with van der Waals surface area (Å²) in [6.45, 7) is 6.45. The Bertz CT molecular complexity index is 809. The monoisotopic (exact) mass is 394 g/mol. The van der Waals surface area contributed by atoms with Crippen LogP contribution in [0.25, 0.3) is 0 Å². The molecular weight excluding hydrogens is 364 g/mol. The lowest BCUT2D eigenvalue weighted by atomic mass is 9.84. The van der Waals surface area contributed by atoms with Gasteiger partial charge in [0.05, 0.1) is 25.7 Å². The molecule has 1 atom stereocenters. The second-order valence-corrected chi connectivity index (χ2v) is 8.00. The molecule has 1 heterocycles. The number of ether oxygens (including phenoxy) is 2. The first kappa shape index (κ1) is 19.6. The van der Waals surface area contributed by atoms with Gasteiger partial charge in [-0.1, -0.05) is 18.6 Å². The molecule has 2 aromatic carbocycles. The summed E-state index contributed by atoms with van der Waals surface area (Å²) in [6.07, 6.45) is 3.45. The molecule has 29 heavy (non-hydrogen) atoms. The van der Waals surface area contributed by atoms with Gasteiger partial charge in [0.25, 0.3) is 0 Å². The Balaban J connectivity index is 1.24. The molecule has 1 amide bonds. The number of hydrogen-bond donors (Lipinski definition) is 1. The van der Waals surface area contributed by atoms with E-state index in [4.69, 9.17) is 9.47 Å². The van der Waals surface area contributed by atoms with Crippen molar-refractivity contribution in [2.45, 2.75) is 45.3 Å². The van der Waals surface area contributed by atoms with E-state index in [1.54, 1.807) is 0 Å². The van der Waals surface area contributed by atoms with Crippen LogP contribution in [-0.2, 0) is 4.79 Å². The normalized spacial score (nSPS) is 17.8. The second-order valence-electron chi connectivity index (χ2n) is 8.00. The van der Waals surface area contributed by atoms with E-state index in [-0.39, 0.29) is 24.0 Å². The molecule has 0 spiro atoms. The van der Waals surface area contributed by atoms with Crippen molar-refractivity contribution in [2.24, 2.45) is 5.92 Å². The Morgan fingerprint density at radius 2 is 1.72 bits per heavy atom. The van der Waals surface area contributed by atoms with Gasteiger partial charge in [0.1, 0.15) is 17.6 Å². The smallest absolute Gasteiger partial charge is 0.223 e. The predicted octanol–water partition coefficient (Wildman–Crippen LogP) is 4.33. The van der Waals surface area contributed by atoms with Crippen molar-refractivity contribution < 1.29 is 14.3 Å². The molecule has 1 N–H and O–H groups in total. The highest BCUT2D eigenvalue weighted by Gasteiger charge is 2.29. The van der Waals surface area contributed by atoms with Crippen molar-refractivity contribution in [3.63, 3.8) is 0 Å². The minimum Gasteiger partial charge on any atom is -0.494 e. The first-order chi connectivity index (χ1) is 14.1. The Hall–Kier alpha value is -2.69. The van der Waals surface area contributed by atoms with Crippen LogP contribution >= 0.6 is 0 Å². The summed E-state index contributed by atoms with van der Waals surface area (Å²) < 4.78 is 11.5. The van der Waals surface area contributed by atoms with Gasteiger partial charge in [-0.25, -0.2) is 0 Å². The van der Waals surface area contributed by atoms with Gasteiger partial charge in [-0.2, -0.15) is 0 Å². The van der Waals surface area contributed by atoms with Crippen molar-refractivity contribution in [2.75, 3.05) is 24.6 Å². The Labute approximate surface area is 173 Å². The van der Waals surface area contributed by atoms with Crippen molar-refractivity contribution in [3.8, 4) is 11.5 Å². The van der Waals surface area contributed by atoms with E-state index in [1.807, 2.05) is 31.2 Å².